The zero-order valence-electron chi connectivity index (χ0n) is 12.6. The number of aromatic nitrogens is 4. The molecule has 0 aromatic carbocycles. The highest BCUT2D eigenvalue weighted by Crippen LogP contribution is 2.15. The van der Waals surface area contributed by atoms with Crippen LogP contribution in [0.5, 0.6) is 0 Å². The Balaban J connectivity index is 1.54. The summed E-state index contributed by atoms with van der Waals surface area (Å²) in [6.45, 7) is 2.62. The van der Waals surface area contributed by atoms with Gasteiger partial charge in [-0.1, -0.05) is 0 Å². The third-order valence-electron chi connectivity index (χ3n) is 4.00. The molecule has 1 saturated heterocycles. The molecule has 0 aliphatic carbocycles. The highest BCUT2D eigenvalue weighted by Gasteiger charge is 2.20. The van der Waals surface area contributed by atoms with E-state index < -0.39 is 0 Å². The van der Waals surface area contributed by atoms with Gasteiger partial charge >= 0.3 is 0 Å². The minimum absolute atomic E-state index is 0.0104. The monoisotopic (exact) mass is 300 g/mol. The molecule has 2 aromatic rings. The number of nitrogens with zero attached hydrogens (tertiary/aromatic N) is 5. The molecule has 0 bridgehead atoms. The lowest BCUT2D eigenvalue weighted by Crippen LogP contribution is -2.40. The van der Waals surface area contributed by atoms with Crippen LogP contribution in [-0.4, -0.2) is 43.8 Å². The molecule has 0 spiro atoms. The maximum absolute atomic E-state index is 12.0. The second-order valence-corrected chi connectivity index (χ2v) is 5.57. The van der Waals surface area contributed by atoms with E-state index in [2.05, 4.69) is 25.3 Å². The van der Waals surface area contributed by atoms with Crippen molar-refractivity contribution in [1.82, 2.24) is 24.6 Å². The quantitative estimate of drug-likeness (QED) is 0.893. The molecule has 0 unspecified atom stereocenters. The Morgan fingerprint density at radius 3 is 2.82 bits per heavy atom. The van der Waals surface area contributed by atoms with Crippen molar-refractivity contribution in [2.45, 2.75) is 25.4 Å². The first-order valence-electron chi connectivity index (χ1n) is 7.48. The Labute approximate surface area is 129 Å². The van der Waals surface area contributed by atoms with Gasteiger partial charge < -0.3 is 5.32 Å². The number of hydrogen-bond donors (Lipinski definition) is 1. The number of anilines is 1. The number of piperidine rings is 1. The zero-order valence-corrected chi connectivity index (χ0v) is 12.6. The van der Waals surface area contributed by atoms with Gasteiger partial charge in [-0.15, -0.1) is 0 Å². The van der Waals surface area contributed by atoms with Crippen molar-refractivity contribution >= 4 is 5.82 Å². The molecule has 7 heteroatoms. The van der Waals surface area contributed by atoms with E-state index in [0.717, 1.165) is 37.3 Å². The van der Waals surface area contributed by atoms with Crippen molar-refractivity contribution in [2.24, 2.45) is 7.05 Å². The molecule has 2 aromatic heterocycles. The van der Waals surface area contributed by atoms with Crippen LogP contribution in [0.1, 0.15) is 18.4 Å². The molecule has 116 valence electrons. The van der Waals surface area contributed by atoms with Crippen LogP contribution in [0, 0.1) is 0 Å². The number of likely N-dealkylation sites (tertiary alicyclic amines) is 1. The van der Waals surface area contributed by atoms with E-state index in [0.29, 0.717) is 12.6 Å². The molecule has 1 fully saturated rings. The first-order valence-corrected chi connectivity index (χ1v) is 7.48. The van der Waals surface area contributed by atoms with Crippen molar-refractivity contribution in [2.75, 3.05) is 18.4 Å². The van der Waals surface area contributed by atoms with Crippen LogP contribution in [0.2, 0.25) is 0 Å². The van der Waals surface area contributed by atoms with Crippen LogP contribution in [0.3, 0.4) is 0 Å². The van der Waals surface area contributed by atoms with Crippen LogP contribution in [0.25, 0.3) is 0 Å². The minimum atomic E-state index is -0.0104. The van der Waals surface area contributed by atoms with Gasteiger partial charge in [-0.3, -0.25) is 9.69 Å². The molecular weight excluding hydrogens is 280 g/mol. The van der Waals surface area contributed by atoms with Crippen molar-refractivity contribution in [3.05, 3.63) is 46.8 Å². The number of aryl methyl sites for hydroxylation is 1. The average Bonchev–Trinajstić information content (AvgIpc) is 2.55. The summed E-state index contributed by atoms with van der Waals surface area (Å²) in [7, 11) is 1.68. The lowest BCUT2D eigenvalue weighted by Gasteiger charge is -2.32. The van der Waals surface area contributed by atoms with Gasteiger partial charge in [0, 0.05) is 50.7 Å². The molecule has 0 atom stereocenters. The molecule has 3 heterocycles. The Kier molecular flexibility index (Phi) is 4.43. The standard InChI is InChI=1S/C15H20N6O/c1-20-15(22)12(2-7-18-20)10-21-8-4-13(5-9-21)19-14-3-6-16-11-17-14/h2-3,6-7,11,13H,4-5,8-10H2,1H3,(H,16,17,19). The third kappa shape index (κ3) is 3.48. The van der Waals surface area contributed by atoms with Gasteiger partial charge in [0.2, 0.25) is 0 Å². The maximum atomic E-state index is 12.0. The fourth-order valence-corrected chi connectivity index (χ4v) is 2.74. The summed E-state index contributed by atoms with van der Waals surface area (Å²) in [4.78, 5) is 22.4. The second-order valence-electron chi connectivity index (χ2n) is 5.57. The van der Waals surface area contributed by atoms with Gasteiger partial charge in [0.1, 0.15) is 12.1 Å². The zero-order chi connectivity index (χ0) is 15.4. The van der Waals surface area contributed by atoms with E-state index >= 15 is 0 Å². The molecule has 1 N–H and O–H groups in total. The van der Waals surface area contributed by atoms with Gasteiger partial charge in [-0.25, -0.2) is 14.6 Å². The number of nitrogens with one attached hydrogen (secondary N) is 1. The summed E-state index contributed by atoms with van der Waals surface area (Å²) in [5, 5.41) is 7.39. The summed E-state index contributed by atoms with van der Waals surface area (Å²) in [5.41, 5.74) is 0.795. The van der Waals surface area contributed by atoms with Crippen molar-refractivity contribution in [3.8, 4) is 0 Å². The number of hydrogen-bond acceptors (Lipinski definition) is 6. The normalized spacial score (nSPS) is 16.6. The summed E-state index contributed by atoms with van der Waals surface area (Å²) < 4.78 is 1.39. The lowest BCUT2D eigenvalue weighted by atomic mass is 10.0. The predicted molar refractivity (Wildman–Crippen MR) is 83.4 cm³/mol. The Morgan fingerprint density at radius 2 is 2.09 bits per heavy atom. The minimum Gasteiger partial charge on any atom is -0.367 e. The van der Waals surface area contributed by atoms with E-state index in [1.807, 2.05) is 12.1 Å². The van der Waals surface area contributed by atoms with E-state index in [1.165, 1.54) is 4.68 Å². The largest absolute Gasteiger partial charge is 0.367 e. The smallest absolute Gasteiger partial charge is 0.270 e. The summed E-state index contributed by atoms with van der Waals surface area (Å²) in [5.74, 6) is 0.872. The Bertz CT molecular complexity index is 663. The van der Waals surface area contributed by atoms with Crippen molar-refractivity contribution in [1.29, 1.82) is 0 Å². The van der Waals surface area contributed by atoms with Crippen LogP contribution in [0.15, 0.2) is 35.6 Å². The lowest BCUT2D eigenvalue weighted by molar-refractivity contribution is 0.210. The van der Waals surface area contributed by atoms with E-state index in [4.69, 9.17) is 0 Å². The van der Waals surface area contributed by atoms with Gasteiger partial charge in [0.15, 0.2) is 0 Å². The Morgan fingerprint density at radius 1 is 1.27 bits per heavy atom. The van der Waals surface area contributed by atoms with Gasteiger partial charge in [-0.05, 0) is 25.0 Å². The Hall–Kier alpha value is -2.28. The topological polar surface area (TPSA) is 75.9 Å². The predicted octanol–water partition coefficient (Wildman–Crippen LogP) is 0.647. The molecule has 0 radical (unpaired) electrons. The average molecular weight is 300 g/mol. The fraction of sp³-hybridized carbons (Fsp3) is 0.467. The molecule has 0 saturated carbocycles. The second kappa shape index (κ2) is 6.65. The van der Waals surface area contributed by atoms with Gasteiger partial charge in [0.05, 0.1) is 0 Å². The van der Waals surface area contributed by atoms with E-state index in [1.54, 1.807) is 25.8 Å². The maximum Gasteiger partial charge on any atom is 0.270 e. The van der Waals surface area contributed by atoms with E-state index in [-0.39, 0.29) is 5.56 Å². The van der Waals surface area contributed by atoms with Crippen LogP contribution in [-0.2, 0) is 13.6 Å². The molecule has 0 amide bonds. The molecule has 1 aliphatic heterocycles. The third-order valence-corrected chi connectivity index (χ3v) is 4.00. The molecule has 1 aliphatic rings. The summed E-state index contributed by atoms with van der Waals surface area (Å²) in [6, 6.07) is 4.12. The fourth-order valence-electron chi connectivity index (χ4n) is 2.74. The van der Waals surface area contributed by atoms with Crippen molar-refractivity contribution < 1.29 is 0 Å². The molecule has 3 rings (SSSR count). The van der Waals surface area contributed by atoms with Crippen LogP contribution in [0.4, 0.5) is 5.82 Å². The molecular formula is C15H20N6O. The highest BCUT2D eigenvalue weighted by molar-refractivity contribution is 5.33. The van der Waals surface area contributed by atoms with Gasteiger partial charge in [0.25, 0.3) is 5.56 Å². The summed E-state index contributed by atoms with van der Waals surface area (Å²) in [6.07, 6.45) is 7.05. The van der Waals surface area contributed by atoms with Gasteiger partial charge in [-0.2, -0.15) is 5.10 Å². The van der Waals surface area contributed by atoms with Crippen LogP contribution >= 0.6 is 0 Å². The van der Waals surface area contributed by atoms with Crippen LogP contribution < -0.4 is 10.9 Å². The van der Waals surface area contributed by atoms with Crippen molar-refractivity contribution in [3.63, 3.8) is 0 Å². The SMILES string of the molecule is Cn1nccc(CN2CCC(Nc3ccncn3)CC2)c1=O. The number of rotatable bonds is 4. The molecule has 7 nitrogen and oxygen atoms in total. The summed E-state index contributed by atoms with van der Waals surface area (Å²) >= 11 is 0. The molecule has 22 heavy (non-hydrogen) atoms. The first-order chi connectivity index (χ1) is 10.7. The first kappa shape index (κ1) is 14.6. The van der Waals surface area contributed by atoms with E-state index in [9.17, 15) is 4.79 Å². The highest BCUT2D eigenvalue weighted by atomic mass is 16.1.